The fraction of sp³-hybridized carbons (Fsp3) is 0.478. The highest BCUT2D eigenvalue weighted by Gasteiger charge is 2.42. The van der Waals surface area contributed by atoms with Gasteiger partial charge in [-0.15, -0.1) is 12.4 Å². The number of nitrogens with zero attached hydrogens (tertiary/aromatic N) is 1. The molecule has 1 fully saturated rings. The summed E-state index contributed by atoms with van der Waals surface area (Å²) in [5.41, 5.74) is 3.55. The SMILES string of the molecule is COc1cc(C)ccc1S(=O)(=O)C(C1CCCNC1)N1CCc2ccccc2C1.Cl. The van der Waals surface area contributed by atoms with Gasteiger partial charge in [-0.2, -0.15) is 0 Å². The minimum atomic E-state index is -3.60. The predicted octanol–water partition coefficient (Wildman–Crippen LogP) is 3.58. The maximum Gasteiger partial charge on any atom is 0.198 e. The molecule has 4 rings (SSSR count). The Bertz CT molecular complexity index is 974. The van der Waals surface area contributed by atoms with Gasteiger partial charge in [0.05, 0.1) is 7.11 Å². The fourth-order valence-corrected chi connectivity index (χ4v) is 7.00. The van der Waals surface area contributed by atoms with E-state index < -0.39 is 15.2 Å². The second-order valence-corrected chi connectivity index (χ2v) is 10.2. The van der Waals surface area contributed by atoms with Crippen LogP contribution in [0.2, 0.25) is 0 Å². The van der Waals surface area contributed by atoms with Crippen LogP contribution in [-0.2, 0) is 22.8 Å². The van der Waals surface area contributed by atoms with Crippen molar-refractivity contribution in [2.24, 2.45) is 5.92 Å². The molecule has 0 saturated carbocycles. The molecule has 5 nitrogen and oxygen atoms in total. The van der Waals surface area contributed by atoms with Crippen molar-refractivity contribution in [1.29, 1.82) is 0 Å². The van der Waals surface area contributed by atoms with Gasteiger partial charge in [-0.1, -0.05) is 30.3 Å². The third-order valence-electron chi connectivity index (χ3n) is 6.20. The Morgan fingerprint density at radius 3 is 2.63 bits per heavy atom. The highest BCUT2D eigenvalue weighted by atomic mass is 35.5. The van der Waals surface area contributed by atoms with E-state index in [9.17, 15) is 8.42 Å². The number of piperidine rings is 1. The average molecular weight is 451 g/mol. The quantitative estimate of drug-likeness (QED) is 0.754. The molecule has 0 amide bonds. The number of methoxy groups -OCH3 is 1. The molecule has 2 aliphatic rings. The van der Waals surface area contributed by atoms with Gasteiger partial charge in [0.2, 0.25) is 0 Å². The minimum Gasteiger partial charge on any atom is -0.495 e. The number of halogens is 1. The second kappa shape index (κ2) is 9.69. The van der Waals surface area contributed by atoms with Gasteiger partial charge >= 0.3 is 0 Å². The topological polar surface area (TPSA) is 58.6 Å². The third kappa shape index (κ3) is 4.52. The van der Waals surface area contributed by atoms with Gasteiger partial charge in [-0.3, -0.25) is 4.90 Å². The summed E-state index contributed by atoms with van der Waals surface area (Å²) in [4.78, 5) is 2.48. The zero-order valence-corrected chi connectivity index (χ0v) is 19.3. The Balaban J connectivity index is 0.00000256. The van der Waals surface area contributed by atoms with Crippen LogP contribution in [-0.4, -0.2) is 45.4 Å². The third-order valence-corrected chi connectivity index (χ3v) is 8.47. The Labute approximate surface area is 186 Å². The van der Waals surface area contributed by atoms with E-state index in [4.69, 9.17) is 4.74 Å². The lowest BCUT2D eigenvalue weighted by Gasteiger charge is -2.40. The van der Waals surface area contributed by atoms with Crippen molar-refractivity contribution in [3.05, 3.63) is 59.2 Å². The number of benzene rings is 2. The van der Waals surface area contributed by atoms with Crippen LogP contribution >= 0.6 is 12.4 Å². The fourth-order valence-electron chi connectivity index (χ4n) is 4.74. The van der Waals surface area contributed by atoms with Gasteiger partial charge in [-0.25, -0.2) is 8.42 Å². The molecule has 0 bridgehead atoms. The number of ether oxygens (including phenoxy) is 1. The summed E-state index contributed by atoms with van der Waals surface area (Å²) in [5, 5.41) is 2.86. The summed E-state index contributed by atoms with van der Waals surface area (Å²) in [6.45, 7) is 5.07. The molecule has 2 aromatic rings. The zero-order chi connectivity index (χ0) is 20.4. The first-order valence-corrected chi connectivity index (χ1v) is 12.0. The molecule has 30 heavy (non-hydrogen) atoms. The van der Waals surface area contributed by atoms with Crippen molar-refractivity contribution in [2.45, 2.75) is 43.0 Å². The standard InChI is InChI=1S/C23H30N2O3S.ClH/c1-17-9-10-22(21(14-17)28-2)29(26,27)23(19-8-5-12-24-15-19)25-13-11-18-6-3-4-7-20(18)16-25;/h3-4,6-7,9-10,14,19,23-24H,5,8,11-13,15-16H2,1-2H3;1H. The summed E-state index contributed by atoms with van der Waals surface area (Å²) in [6.07, 6.45) is 2.81. The van der Waals surface area contributed by atoms with Crippen LogP contribution in [0.1, 0.15) is 29.5 Å². The molecule has 164 valence electrons. The minimum absolute atomic E-state index is 0. The van der Waals surface area contributed by atoms with Crippen LogP contribution < -0.4 is 10.1 Å². The van der Waals surface area contributed by atoms with Crippen LogP contribution in [0.3, 0.4) is 0 Å². The van der Waals surface area contributed by atoms with Crippen LogP contribution in [0.4, 0.5) is 0 Å². The van der Waals surface area contributed by atoms with Gasteiger partial charge in [0.25, 0.3) is 0 Å². The Hall–Kier alpha value is -1.60. The molecule has 2 aromatic carbocycles. The molecule has 2 aliphatic heterocycles. The zero-order valence-electron chi connectivity index (χ0n) is 17.6. The van der Waals surface area contributed by atoms with Crippen molar-refractivity contribution in [1.82, 2.24) is 10.2 Å². The molecular formula is C23H31ClN2O3S. The molecule has 1 N–H and O–H groups in total. The van der Waals surface area contributed by atoms with Crippen LogP contribution in [0.25, 0.3) is 0 Å². The lowest BCUT2D eigenvalue weighted by molar-refractivity contribution is 0.161. The van der Waals surface area contributed by atoms with Crippen molar-refractivity contribution in [2.75, 3.05) is 26.7 Å². The molecule has 2 heterocycles. The van der Waals surface area contributed by atoms with Crippen LogP contribution in [0.5, 0.6) is 5.75 Å². The number of fused-ring (bicyclic) bond motifs is 1. The molecule has 1 saturated heterocycles. The normalized spacial score (nSPS) is 20.7. The van der Waals surface area contributed by atoms with Crippen molar-refractivity contribution in [3.63, 3.8) is 0 Å². The molecule has 2 atom stereocenters. The first-order valence-electron chi connectivity index (χ1n) is 10.4. The maximum absolute atomic E-state index is 14.0. The van der Waals surface area contributed by atoms with Gasteiger partial charge in [-0.05, 0) is 61.6 Å². The number of hydrogen-bond acceptors (Lipinski definition) is 5. The van der Waals surface area contributed by atoms with E-state index in [1.807, 2.05) is 25.1 Å². The van der Waals surface area contributed by atoms with Gasteiger partial charge < -0.3 is 10.1 Å². The van der Waals surface area contributed by atoms with E-state index in [0.717, 1.165) is 44.5 Å². The smallest absolute Gasteiger partial charge is 0.198 e. The number of sulfone groups is 1. The van der Waals surface area contributed by atoms with Gasteiger partial charge in [0.15, 0.2) is 9.84 Å². The molecule has 0 aromatic heterocycles. The summed E-state index contributed by atoms with van der Waals surface area (Å²) in [7, 11) is -2.06. The second-order valence-electron chi connectivity index (χ2n) is 8.19. The van der Waals surface area contributed by atoms with Gasteiger partial charge in [0, 0.05) is 25.6 Å². The van der Waals surface area contributed by atoms with Crippen molar-refractivity contribution in [3.8, 4) is 5.75 Å². The van der Waals surface area contributed by atoms with E-state index in [0.29, 0.717) is 17.2 Å². The highest BCUT2D eigenvalue weighted by Crippen LogP contribution is 2.36. The van der Waals surface area contributed by atoms with E-state index in [1.165, 1.54) is 11.1 Å². The first-order chi connectivity index (χ1) is 14.0. The number of hydrogen-bond donors (Lipinski definition) is 1. The highest BCUT2D eigenvalue weighted by molar-refractivity contribution is 7.92. The Morgan fingerprint density at radius 1 is 1.17 bits per heavy atom. The molecule has 0 spiro atoms. The van der Waals surface area contributed by atoms with Gasteiger partial charge in [0.1, 0.15) is 16.0 Å². The summed E-state index contributed by atoms with van der Waals surface area (Å²) < 4.78 is 33.4. The van der Waals surface area contributed by atoms with Crippen LogP contribution in [0.15, 0.2) is 47.4 Å². The Kier molecular flexibility index (Phi) is 7.45. The van der Waals surface area contributed by atoms with E-state index in [-0.39, 0.29) is 18.3 Å². The summed E-state index contributed by atoms with van der Waals surface area (Å²) in [5.74, 6) is 0.501. The lowest BCUT2D eigenvalue weighted by Crippen LogP contribution is -2.52. The average Bonchev–Trinajstić information content (AvgIpc) is 2.74. The number of rotatable bonds is 5. The van der Waals surface area contributed by atoms with Crippen molar-refractivity contribution >= 4 is 22.2 Å². The molecule has 2 unspecified atom stereocenters. The van der Waals surface area contributed by atoms with E-state index in [1.54, 1.807) is 13.2 Å². The molecule has 7 heteroatoms. The van der Waals surface area contributed by atoms with E-state index >= 15 is 0 Å². The van der Waals surface area contributed by atoms with E-state index in [2.05, 4.69) is 28.4 Å². The summed E-state index contributed by atoms with van der Waals surface area (Å²) >= 11 is 0. The summed E-state index contributed by atoms with van der Waals surface area (Å²) in [6, 6.07) is 13.8. The first kappa shape index (κ1) is 23.1. The van der Waals surface area contributed by atoms with Crippen LogP contribution in [0, 0.1) is 12.8 Å². The largest absolute Gasteiger partial charge is 0.495 e. The molecule has 0 aliphatic carbocycles. The predicted molar refractivity (Wildman–Crippen MR) is 122 cm³/mol. The monoisotopic (exact) mass is 450 g/mol. The maximum atomic E-state index is 14.0. The molecule has 0 radical (unpaired) electrons. The lowest BCUT2D eigenvalue weighted by atomic mass is 9.95. The number of nitrogens with one attached hydrogen (secondary N) is 1. The van der Waals surface area contributed by atoms with Crippen molar-refractivity contribution < 1.29 is 13.2 Å². The Morgan fingerprint density at radius 2 is 1.93 bits per heavy atom. The number of aryl methyl sites for hydroxylation is 1. The molecular weight excluding hydrogens is 420 g/mol.